The van der Waals surface area contributed by atoms with Crippen LogP contribution in [-0.2, 0) is 17.9 Å². The van der Waals surface area contributed by atoms with Crippen molar-refractivity contribution in [2.75, 3.05) is 5.32 Å². The second-order valence-corrected chi connectivity index (χ2v) is 7.92. The van der Waals surface area contributed by atoms with E-state index in [0.717, 1.165) is 28.1 Å². The van der Waals surface area contributed by atoms with Crippen LogP contribution in [0.15, 0.2) is 70.5 Å². The van der Waals surface area contributed by atoms with Crippen molar-refractivity contribution in [3.05, 3.63) is 87.4 Å². The van der Waals surface area contributed by atoms with Gasteiger partial charge in [0.25, 0.3) is 5.56 Å². The molecule has 152 valence electrons. The number of hydrogen-bond acceptors (Lipinski definition) is 4. The van der Waals surface area contributed by atoms with Gasteiger partial charge in [-0.15, -0.1) is 0 Å². The normalized spacial score (nSPS) is 11.0. The van der Waals surface area contributed by atoms with E-state index in [1.807, 2.05) is 43.5 Å². The predicted octanol–water partition coefficient (Wildman–Crippen LogP) is 3.74. The van der Waals surface area contributed by atoms with Crippen LogP contribution in [0.4, 0.5) is 5.69 Å². The molecule has 4 rings (SSSR count). The molecule has 2 aromatic carbocycles. The molecular formula is C22H20BrN5O2. The molecule has 30 heavy (non-hydrogen) atoms. The van der Waals surface area contributed by atoms with E-state index in [9.17, 15) is 9.59 Å². The summed E-state index contributed by atoms with van der Waals surface area (Å²) in [4.78, 5) is 33.5. The van der Waals surface area contributed by atoms with Crippen molar-refractivity contribution in [1.29, 1.82) is 0 Å². The van der Waals surface area contributed by atoms with Crippen LogP contribution in [0, 0.1) is 6.92 Å². The van der Waals surface area contributed by atoms with E-state index in [1.165, 1.54) is 10.9 Å². The van der Waals surface area contributed by atoms with Crippen LogP contribution in [0.1, 0.15) is 17.8 Å². The van der Waals surface area contributed by atoms with Gasteiger partial charge in [-0.05, 0) is 42.8 Å². The Morgan fingerprint density at radius 2 is 1.90 bits per heavy atom. The standard InChI is InChI=1S/C22H20BrN5O2/c1-15-24-9-11-27(15)13-16-2-5-18(6-3-16)26-21(29)8-10-28-14-25-20-7-4-17(23)12-19(20)22(28)30/h2-7,9,11-12,14H,8,10,13H2,1H3,(H,26,29). The summed E-state index contributed by atoms with van der Waals surface area (Å²) in [7, 11) is 0. The zero-order valence-electron chi connectivity index (χ0n) is 16.4. The van der Waals surface area contributed by atoms with Gasteiger partial charge in [-0.1, -0.05) is 28.1 Å². The molecule has 0 aliphatic rings. The topological polar surface area (TPSA) is 81.8 Å². The molecule has 0 radical (unpaired) electrons. The average molecular weight is 466 g/mol. The maximum absolute atomic E-state index is 12.6. The highest BCUT2D eigenvalue weighted by Crippen LogP contribution is 2.15. The zero-order chi connectivity index (χ0) is 21.1. The van der Waals surface area contributed by atoms with Crippen molar-refractivity contribution in [3.63, 3.8) is 0 Å². The van der Waals surface area contributed by atoms with Crippen LogP contribution in [0.3, 0.4) is 0 Å². The third-order valence-corrected chi connectivity index (χ3v) is 5.37. The molecule has 0 unspecified atom stereocenters. The van der Waals surface area contributed by atoms with Crippen molar-refractivity contribution in [3.8, 4) is 0 Å². The molecular weight excluding hydrogens is 446 g/mol. The molecule has 0 saturated heterocycles. The summed E-state index contributed by atoms with van der Waals surface area (Å²) in [5, 5.41) is 3.40. The lowest BCUT2D eigenvalue weighted by molar-refractivity contribution is -0.116. The number of carbonyl (C=O) groups excluding carboxylic acids is 1. The van der Waals surface area contributed by atoms with Crippen molar-refractivity contribution in [2.24, 2.45) is 0 Å². The number of aryl methyl sites for hydroxylation is 2. The summed E-state index contributed by atoms with van der Waals surface area (Å²) < 4.78 is 4.34. The van der Waals surface area contributed by atoms with E-state index in [0.29, 0.717) is 10.9 Å². The number of anilines is 1. The largest absolute Gasteiger partial charge is 0.331 e. The van der Waals surface area contributed by atoms with Crippen LogP contribution in [0.25, 0.3) is 10.9 Å². The SMILES string of the molecule is Cc1nccn1Cc1ccc(NC(=O)CCn2cnc3ccc(Br)cc3c2=O)cc1. The number of carbonyl (C=O) groups is 1. The highest BCUT2D eigenvalue weighted by molar-refractivity contribution is 9.10. The van der Waals surface area contributed by atoms with Gasteiger partial charge in [0.15, 0.2) is 0 Å². The number of nitrogens with one attached hydrogen (secondary N) is 1. The fourth-order valence-corrected chi connectivity index (χ4v) is 3.56. The molecule has 8 heteroatoms. The van der Waals surface area contributed by atoms with E-state index in [4.69, 9.17) is 0 Å². The quantitative estimate of drug-likeness (QED) is 0.470. The van der Waals surface area contributed by atoms with E-state index >= 15 is 0 Å². The lowest BCUT2D eigenvalue weighted by Crippen LogP contribution is -2.23. The fraction of sp³-hybridized carbons (Fsp3) is 0.182. The Morgan fingerprint density at radius 3 is 2.63 bits per heavy atom. The molecule has 0 spiro atoms. The van der Waals surface area contributed by atoms with Crippen molar-refractivity contribution in [1.82, 2.24) is 19.1 Å². The molecule has 0 saturated carbocycles. The highest BCUT2D eigenvalue weighted by Gasteiger charge is 2.08. The zero-order valence-corrected chi connectivity index (χ0v) is 18.0. The molecule has 0 aliphatic carbocycles. The van der Waals surface area contributed by atoms with E-state index in [1.54, 1.807) is 18.3 Å². The second kappa shape index (κ2) is 8.62. The third kappa shape index (κ3) is 4.49. The van der Waals surface area contributed by atoms with Gasteiger partial charge in [0.1, 0.15) is 5.82 Å². The lowest BCUT2D eigenvalue weighted by Gasteiger charge is -2.09. The first-order valence-corrected chi connectivity index (χ1v) is 10.3. The Kier molecular flexibility index (Phi) is 5.76. The molecule has 2 heterocycles. The molecule has 0 atom stereocenters. The summed E-state index contributed by atoms with van der Waals surface area (Å²) in [6.07, 6.45) is 5.38. The Bertz CT molecular complexity index is 1260. The summed E-state index contributed by atoms with van der Waals surface area (Å²) in [6.45, 7) is 2.95. The number of imidazole rings is 1. The number of amides is 1. The number of fused-ring (bicyclic) bond motifs is 1. The molecule has 2 aromatic heterocycles. The number of benzene rings is 2. The van der Waals surface area contributed by atoms with Gasteiger partial charge in [-0.25, -0.2) is 9.97 Å². The highest BCUT2D eigenvalue weighted by atomic mass is 79.9. The number of hydrogen-bond donors (Lipinski definition) is 1. The molecule has 1 N–H and O–H groups in total. The first kappa shape index (κ1) is 20.0. The number of rotatable bonds is 6. The van der Waals surface area contributed by atoms with Gasteiger partial charge in [-0.3, -0.25) is 14.2 Å². The molecule has 1 amide bonds. The minimum absolute atomic E-state index is 0.158. The van der Waals surface area contributed by atoms with Gasteiger partial charge < -0.3 is 9.88 Å². The molecule has 0 bridgehead atoms. The predicted molar refractivity (Wildman–Crippen MR) is 119 cm³/mol. The first-order chi connectivity index (χ1) is 14.5. The van der Waals surface area contributed by atoms with Crippen LogP contribution in [0.2, 0.25) is 0 Å². The van der Waals surface area contributed by atoms with Crippen LogP contribution in [-0.4, -0.2) is 25.0 Å². The number of halogens is 1. The Hall–Kier alpha value is -3.26. The molecule has 0 fully saturated rings. The van der Waals surface area contributed by atoms with Gasteiger partial charge in [0.2, 0.25) is 5.91 Å². The molecule has 0 aliphatic heterocycles. The summed E-state index contributed by atoms with van der Waals surface area (Å²) in [5.41, 5.74) is 2.32. The minimum Gasteiger partial charge on any atom is -0.331 e. The maximum Gasteiger partial charge on any atom is 0.261 e. The Labute approximate surface area is 181 Å². The number of aromatic nitrogens is 4. The maximum atomic E-state index is 12.6. The van der Waals surface area contributed by atoms with Gasteiger partial charge in [0.05, 0.1) is 17.2 Å². The Balaban J connectivity index is 1.37. The lowest BCUT2D eigenvalue weighted by atomic mass is 10.2. The van der Waals surface area contributed by atoms with E-state index in [-0.39, 0.29) is 24.4 Å². The van der Waals surface area contributed by atoms with Gasteiger partial charge in [-0.2, -0.15) is 0 Å². The first-order valence-electron chi connectivity index (χ1n) is 9.51. The number of nitrogens with zero attached hydrogens (tertiary/aromatic N) is 4. The van der Waals surface area contributed by atoms with Crippen LogP contribution in [0.5, 0.6) is 0 Å². The smallest absolute Gasteiger partial charge is 0.261 e. The summed E-state index contributed by atoms with van der Waals surface area (Å²) in [6, 6.07) is 13.1. The van der Waals surface area contributed by atoms with Crippen LogP contribution < -0.4 is 10.9 Å². The fourth-order valence-electron chi connectivity index (χ4n) is 3.20. The van der Waals surface area contributed by atoms with Crippen LogP contribution >= 0.6 is 15.9 Å². The summed E-state index contributed by atoms with van der Waals surface area (Å²) in [5.74, 6) is 0.799. The average Bonchev–Trinajstić information content (AvgIpc) is 3.14. The Morgan fingerprint density at radius 1 is 1.10 bits per heavy atom. The van der Waals surface area contributed by atoms with Crippen molar-refractivity contribution < 1.29 is 4.79 Å². The van der Waals surface area contributed by atoms with Gasteiger partial charge in [0, 0.05) is 42.1 Å². The summed E-state index contributed by atoms with van der Waals surface area (Å²) >= 11 is 3.37. The van der Waals surface area contributed by atoms with Crippen molar-refractivity contribution in [2.45, 2.75) is 26.4 Å². The monoisotopic (exact) mass is 465 g/mol. The van der Waals surface area contributed by atoms with E-state index in [2.05, 4.69) is 35.8 Å². The minimum atomic E-state index is -0.159. The van der Waals surface area contributed by atoms with E-state index < -0.39 is 0 Å². The molecule has 7 nitrogen and oxygen atoms in total. The third-order valence-electron chi connectivity index (χ3n) is 4.88. The molecule has 4 aromatic rings. The van der Waals surface area contributed by atoms with Crippen molar-refractivity contribution >= 4 is 38.4 Å². The van der Waals surface area contributed by atoms with Gasteiger partial charge >= 0.3 is 0 Å². The second-order valence-electron chi connectivity index (χ2n) is 7.00.